The van der Waals surface area contributed by atoms with Gasteiger partial charge in [-0.25, -0.2) is 4.79 Å². The van der Waals surface area contributed by atoms with Gasteiger partial charge in [0.05, 0.1) is 17.5 Å². The van der Waals surface area contributed by atoms with Crippen molar-refractivity contribution in [1.82, 2.24) is 4.90 Å². The van der Waals surface area contributed by atoms with E-state index < -0.39 is 23.9 Å². The third-order valence-corrected chi connectivity index (χ3v) is 5.55. The first-order chi connectivity index (χ1) is 11.9. The Morgan fingerprint density at radius 2 is 1.81 bits per heavy atom. The lowest BCUT2D eigenvalue weighted by molar-refractivity contribution is 0.00578. The summed E-state index contributed by atoms with van der Waals surface area (Å²) >= 11 is 0. The van der Waals surface area contributed by atoms with Crippen LogP contribution in [0.5, 0.6) is 0 Å². The van der Waals surface area contributed by atoms with Gasteiger partial charge >= 0.3 is 13.2 Å². The molecule has 1 aromatic rings. The molecule has 2 fully saturated rings. The van der Waals surface area contributed by atoms with Crippen LogP contribution in [0.1, 0.15) is 60.1 Å². The van der Waals surface area contributed by atoms with Crippen molar-refractivity contribution in [3.05, 3.63) is 24.2 Å². The van der Waals surface area contributed by atoms with Gasteiger partial charge in [-0.2, -0.15) is 0 Å². The molecule has 0 aromatic carbocycles. The zero-order valence-electron chi connectivity index (χ0n) is 16.9. The summed E-state index contributed by atoms with van der Waals surface area (Å²) in [5, 5.41) is 0. The summed E-state index contributed by atoms with van der Waals surface area (Å²) in [6.07, 6.45) is 1.35. The Hall–Kier alpha value is -1.47. The van der Waals surface area contributed by atoms with Crippen LogP contribution in [0.3, 0.4) is 0 Å². The minimum absolute atomic E-state index is 0.00668. The number of likely N-dealkylation sites (tertiary alicyclic amines) is 1. The topological polar surface area (TPSA) is 61.1 Å². The molecule has 2 saturated heterocycles. The molecule has 0 spiro atoms. The molecule has 2 atom stereocenters. The summed E-state index contributed by atoms with van der Waals surface area (Å²) in [5.74, 6) is 0.831. The first-order valence-corrected chi connectivity index (χ1v) is 9.27. The van der Waals surface area contributed by atoms with Crippen LogP contribution in [0.4, 0.5) is 4.79 Å². The molecule has 2 aliphatic heterocycles. The molecule has 1 amide bonds. The average Bonchev–Trinajstić information content (AvgIpc) is 3.16. The number of ether oxygens (including phenoxy) is 1. The quantitative estimate of drug-likeness (QED) is 0.741. The highest BCUT2D eigenvalue weighted by molar-refractivity contribution is 6.48. The molecule has 0 radical (unpaired) electrons. The highest BCUT2D eigenvalue weighted by atomic mass is 16.7. The molecule has 0 saturated carbocycles. The Balaban J connectivity index is 1.82. The van der Waals surface area contributed by atoms with E-state index in [-0.39, 0.29) is 17.8 Å². The molecule has 26 heavy (non-hydrogen) atoms. The van der Waals surface area contributed by atoms with Crippen molar-refractivity contribution in [1.29, 1.82) is 0 Å². The minimum Gasteiger partial charge on any atom is -0.469 e. The van der Waals surface area contributed by atoms with E-state index >= 15 is 0 Å². The van der Waals surface area contributed by atoms with E-state index in [9.17, 15) is 4.79 Å². The maximum atomic E-state index is 12.6. The fourth-order valence-corrected chi connectivity index (χ4v) is 3.45. The number of hydrogen-bond donors (Lipinski definition) is 0. The van der Waals surface area contributed by atoms with Gasteiger partial charge in [-0.05, 0) is 60.6 Å². The van der Waals surface area contributed by atoms with Gasteiger partial charge < -0.3 is 23.4 Å². The Bertz CT molecular complexity index is 633. The van der Waals surface area contributed by atoms with Crippen LogP contribution in [0.25, 0.3) is 0 Å². The first-order valence-electron chi connectivity index (χ1n) is 9.27. The zero-order chi connectivity index (χ0) is 19.3. The van der Waals surface area contributed by atoms with Crippen LogP contribution in [0.2, 0.25) is 5.82 Å². The van der Waals surface area contributed by atoms with Crippen molar-refractivity contribution in [3.63, 3.8) is 0 Å². The summed E-state index contributed by atoms with van der Waals surface area (Å²) in [6, 6.07) is 3.81. The van der Waals surface area contributed by atoms with Crippen molar-refractivity contribution < 1.29 is 23.3 Å². The number of furan rings is 1. The van der Waals surface area contributed by atoms with Crippen LogP contribution < -0.4 is 0 Å². The van der Waals surface area contributed by atoms with Crippen LogP contribution in [-0.4, -0.2) is 48.0 Å². The molecule has 0 aliphatic carbocycles. The Morgan fingerprint density at radius 1 is 1.19 bits per heavy atom. The molecule has 1 aromatic heterocycles. The maximum Gasteiger partial charge on any atom is 0.463 e. The minimum atomic E-state index is -0.528. The standard InChI is InChI=1S/C19H30BNO5/c1-17(2,3)24-16(22)21-11-13(15-9-8-10-23-15)14(12-21)20-25-18(4,5)19(6,7)26-20/h8-10,13-14H,11-12H2,1-7H3. The second kappa shape index (κ2) is 6.31. The fourth-order valence-electron chi connectivity index (χ4n) is 3.45. The molecule has 0 bridgehead atoms. The predicted octanol–water partition coefficient (Wildman–Crippen LogP) is 4.08. The van der Waals surface area contributed by atoms with E-state index in [1.165, 1.54) is 0 Å². The molecular weight excluding hydrogens is 333 g/mol. The fraction of sp³-hybridized carbons (Fsp3) is 0.737. The lowest BCUT2D eigenvalue weighted by Gasteiger charge is -2.32. The van der Waals surface area contributed by atoms with Gasteiger partial charge in [0.25, 0.3) is 0 Å². The molecule has 6 nitrogen and oxygen atoms in total. The van der Waals surface area contributed by atoms with E-state index in [1.54, 1.807) is 11.2 Å². The summed E-state index contributed by atoms with van der Waals surface area (Å²) < 4.78 is 23.7. The van der Waals surface area contributed by atoms with Gasteiger partial charge in [-0.3, -0.25) is 0 Å². The van der Waals surface area contributed by atoms with Gasteiger partial charge in [0.2, 0.25) is 0 Å². The summed E-state index contributed by atoms with van der Waals surface area (Å²) in [6.45, 7) is 14.8. The third-order valence-electron chi connectivity index (χ3n) is 5.55. The molecule has 3 rings (SSSR count). The largest absolute Gasteiger partial charge is 0.469 e. The van der Waals surface area contributed by atoms with Crippen molar-refractivity contribution >= 4 is 13.2 Å². The van der Waals surface area contributed by atoms with Crippen LogP contribution in [-0.2, 0) is 14.0 Å². The number of rotatable bonds is 2. The number of amides is 1. The zero-order valence-corrected chi connectivity index (χ0v) is 16.9. The van der Waals surface area contributed by atoms with Crippen molar-refractivity contribution in [2.45, 2.75) is 77.0 Å². The van der Waals surface area contributed by atoms with Crippen molar-refractivity contribution in [2.75, 3.05) is 13.1 Å². The molecule has 0 N–H and O–H groups in total. The average molecular weight is 363 g/mol. The van der Waals surface area contributed by atoms with Gasteiger partial charge in [0.15, 0.2) is 0 Å². The van der Waals surface area contributed by atoms with Crippen molar-refractivity contribution in [3.8, 4) is 0 Å². The monoisotopic (exact) mass is 363 g/mol. The highest BCUT2D eigenvalue weighted by Crippen LogP contribution is 2.47. The van der Waals surface area contributed by atoms with E-state index in [2.05, 4.69) is 0 Å². The maximum absolute atomic E-state index is 12.6. The van der Waals surface area contributed by atoms with E-state index in [1.807, 2.05) is 60.6 Å². The Morgan fingerprint density at radius 3 is 2.31 bits per heavy atom. The highest BCUT2D eigenvalue weighted by Gasteiger charge is 2.57. The van der Waals surface area contributed by atoms with Gasteiger partial charge in [-0.15, -0.1) is 0 Å². The second-order valence-electron chi connectivity index (χ2n) is 9.30. The van der Waals surface area contributed by atoms with Crippen molar-refractivity contribution in [2.24, 2.45) is 0 Å². The van der Waals surface area contributed by atoms with Crippen LogP contribution in [0, 0.1) is 0 Å². The summed E-state index contributed by atoms with van der Waals surface area (Å²) in [4.78, 5) is 14.3. The lowest BCUT2D eigenvalue weighted by atomic mass is 9.66. The Kier molecular flexibility index (Phi) is 4.68. The summed E-state index contributed by atoms with van der Waals surface area (Å²) in [7, 11) is -0.400. The Labute approximate surface area is 156 Å². The second-order valence-corrected chi connectivity index (χ2v) is 9.30. The number of carbonyl (C=O) groups excluding carboxylic acids is 1. The third kappa shape index (κ3) is 3.65. The van der Waals surface area contributed by atoms with Gasteiger partial charge in [-0.1, -0.05) is 0 Å². The smallest absolute Gasteiger partial charge is 0.463 e. The normalized spacial score (nSPS) is 27.8. The molecule has 7 heteroatoms. The molecule has 2 unspecified atom stereocenters. The molecule has 2 aliphatic rings. The summed E-state index contributed by atoms with van der Waals surface area (Å²) in [5.41, 5.74) is -1.35. The lowest BCUT2D eigenvalue weighted by Crippen LogP contribution is -2.41. The van der Waals surface area contributed by atoms with Gasteiger partial charge in [0.1, 0.15) is 11.4 Å². The van der Waals surface area contributed by atoms with Gasteiger partial charge in [0, 0.05) is 24.8 Å². The molecular formula is C19H30BNO5. The number of carbonyl (C=O) groups is 1. The number of hydrogen-bond acceptors (Lipinski definition) is 5. The van der Waals surface area contributed by atoms with E-state index in [0.29, 0.717) is 13.1 Å². The van der Waals surface area contributed by atoms with Crippen LogP contribution >= 0.6 is 0 Å². The van der Waals surface area contributed by atoms with Crippen LogP contribution in [0.15, 0.2) is 22.8 Å². The molecule has 3 heterocycles. The SMILES string of the molecule is CC(C)(C)OC(=O)N1CC(B2OC(C)(C)C(C)(C)O2)C(c2ccco2)C1. The van der Waals surface area contributed by atoms with E-state index in [4.69, 9.17) is 18.5 Å². The first kappa shape index (κ1) is 19.3. The predicted molar refractivity (Wildman–Crippen MR) is 99.1 cm³/mol. The number of nitrogens with zero attached hydrogens (tertiary/aromatic N) is 1. The molecule has 144 valence electrons. The van der Waals surface area contributed by atoms with E-state index in [0.717, 1.165) is 5.76 Å².